The van der Waals surface area contributed by atoms with Crippen molar-refractivity contribution in [3.63, 3.8) is 0 Å². The van der Waals surface area contributed by atoms with Crippen LogP contribution in [0.2, 0.25) is 0 Å². The Morgan fingerprint density at radius 1 is 1.56 bits per heavy atom. The average Bonchev–Trinajstić information content (AvgIpc) is 1.60. The first-order valence-electron chi connectivity index (χ1n) is 3.48. The molecule has 0 radical (unpaired) electrons. The Bertz CT molecular complexity index is 101. The zero-order valence-electron chi connectivity index (χ0n) is 6.15. The summed E-state index contributed by atoms with van der Waals surface area (Å²) < 4.78 is 13.1. The molecule has 1 fully saturated rings. The van der Waals surface area contributed by atoms with Crippen LogP contribution in [0.1, 0.15) is 19.8 Å². The molecule has 0 spiro atoms. The quantitative estimate of drug-likeness (QED) is 0.481. The predicted octanol–water partition coefficient (Wildman–Crippen LogP) is 1.44. The van der Waals surface area contributed by atoms with Crippen LogP contribution in [-0.2, 0) is 0 Å². The lowest BCUT2D eigenvalue weighted by molar-refractivity contribution is 0.0758. The van der Waals surface area contributed by atoms with E-state index >= 15 is 0 Å². The van der Waals surface area contributed by atoms with Crippen LogP contribution in [0.3, 0.4) is 0 Å². The molecule has 1 aliphatic heterocycles. The highest BCUT2D eigenvalue weighted by Crippen LogP contribution is 2.22. The molecule has 0 aromatic rings. The van der Waals surface area contributed by atoms with E-state index in [0.29, 0.717) is 6.54 Å². The highest BCUT2D eigenvalue weighted by atomic mass is 19.1. The molecule has 2 heteroatoms. The first-order valence-corrected chi connectivity index (χ1v) is 3.48. The van der Waals surface area contributed by atoms with E-state index < -0.39 is 5.67 Å². The van der Waals surface area contributed by atoms with Gasteiger partial charge in [-0.3, -0.25) is 0 Å². The Morgan fingerprint density at radius 2 is 2.22 bits per heavy atom. The monoisotopic (exact) mass is 131 g/mol. The number of alkyl halides is 1. The molecule has 0 N–H and O–H groups in total. The summed E-state index contributed by atoms with van der Waals surface area (Å²) in [4.78, 5) is 2.05. The molecule has 0 amide bonds. The van der Waals surface area contributed by atoms with Crippen LogP contribution in [0, 0.1) is 0 Å². The highest BCUT2D eigenvalue weighted by Gasteiger charge is 2.28. The molecule has 1 rings (SSSR count). The summed E-state index contributed by atoms with van der Waals surface area (Å²) in [7, 11) is 1.97. The summed E-state index contributed by atoms with van der Waals surface area (Å²) >= 11 is 0. The zero-order chi connectivity index (χ0) is 6.91. The Balaban J connectivity index is 2.41. The third-order valence-corrected chi connectivity index (χ3v) is 1.84. The van der Waals surface area contributed by atoms with Gasteiger partial charge < -0.3 is 4.90 Å². The first kappa shape index (κ1) is 7.00. The molecule has 0 aromatic carbocycles. The van der Waals surface area contributed by atoms with Crippen LogP contribution in [0.5, 0.6) is 0 Å². The van der Waals surface area contributed by atoms with Gasteiger partial charge in [-0.2, -0.15) is 0 Å². The van der Waals surface area contributed by atoms with Gasteiger partial charge in [-0.05, 0) is 33.4 Å². The van der Waals surface area contributed by atoms with Crippen molar-refractivity contribution in [3.8, 4) is 0 Å². The summed E-state index contributed by atoms with van der Waals surface area (Å²) in [5.41, 5.74) is -0.924. The van der Waals surface area contributed by atoms with E-state index in [1.807, 2.05) is 11.9 Å². The molecule has 1 atom stereocenters. The van der Waals surface area contributed by atoms with Crippen LogP contribution in [0.15, 0.2) is 0 Å². The van der Waals surface area contributed by atoms with Gasteiger partial charge in [0.1, 0.15) is 5.67 Å². The molecule has 1 saturated heterocycles. The summed E-state index contributed by atoms with van der Waals surface area (Å²) in [5.74, 6) is 0. The lowest BCUT2D eigenvalue weighted by atomic mass is 9.98. The number of halogens is 1. The van der Waals surface area contributed by atoms with Crippen LogP contribution in [-0.4, -0.2) is 30.7 Å². The Labute approximate surface area is 55.8 Å². The Hall–Kier alpha value is -0.110. The van der Waals surface area contributed by atoms with Crippen molar-refractivity contribution in [2.24, 2.45) is 0 Å². The van der Waals surface area contributed by atoms with E-state index in [-0.39, 0.29) is 0 Å². The molecule has 1 heterocycles. The standard InChI is InChI=1S/C7H14FN/c1-7(8)4-3-5-9(2)6-7/h3-6H2,1-2H3. The van der Waals surface area contributed by atoms with Gasteiger partial charge in [-0.1, -0.05) is 0 Å². The second-order valence-electron chi connectivity index (χ2n) is 3.25. The van der Waals surface area contributed by atoms with E-state index in [0.717, 1.165) is 19.4 Å². The van der Waals surface area contributed by atoms with Crippen molar-refractivity contribution in [1.82, 2.24) is 4.90 Å². The molecule has 0 aliphatic carbocycles. The van der Waals surface area contributed by atoms with E-state index in [4.69, 9.17) is 0 Å². The number of nitrogens with zero attached hydrogens (tertiary/aromatic N) is 1. The number of piperidine rings is 1. The maximum absolute atomic E-state index is 13.1. The third kappa shape index (κ3) is 1.94. The van der Waals surface area contributed by atoms with Gasteiger partial charge in [0.25, 0.3) is 0 Å². The lowest BCUT2D eigenvalue weighted by Gasteiger charge is -2.32. The lowest BCUT2D eigenvalue weighted by Crippen LogP contribution is -2.40. The summed E-state index contributed by atoms with van der Waals surface area (Å²) in [6, 6.07) is 0. The number of hydrogen-bond acceptors (Lipinski definition) is 1. The van der Waals surface area contributed by atoms with Gasteiger partial charge in [0.05, 0.1) is 0 Å². The fourth-order valence-electron chi connectivity index (χ4n) is 1.44. The molecule has 1 nitrogen and oxygen atoms in total. The van der Waals surface area contributed by atoms with Gasteiger partial charge in [0, 0.05) is 6.54 Å². The summed E-state index contributed by atoms with van der Waals surface area (Å²) in [6.45, 7) is 3.34. The molecule has 0 aromatic heterocycles. The smallest absolute Gasteiger partial charge is 0.120 e. The van der Waals surface area contributed by atoms with Crippen LogP contribution in [0.4, 0.5) is 4.39 Å². The largest absolute Gasteiger partial charge is 0.303 e. The predicted molar refractivity (Wildman–Crippen MR) is 36.2 cm³/mol. The van der Waals surface area contributed by atoms with Crippen molar-refractivity contribution >= 4 is 0 Å². The molecule has 0 bridgehead atoms. The van der Waals surface area contributed by atoms with Gasteiger partial charge >= 0.3 is 0 Å². The van der Waals surface area contributed by atoms with Crippen LogP contribution < -0.4 is 0 Å². The number of likely N-dealkylation sites (tertiary alicyclic amines) is 1. The molecule has 54 valence electrons. The number of hydrogen-bond donors (Lipinski definition) is 0. The Morgan fingerprint density at radius 3 is 2.56 bits per heavy atom. The molecular weight excluding hydrogens is 117 g/mol. The highest BCUT2D eigenvalue weighted by molar-refractivity contribution is 4.81. The summed E-state index contributed by atoms with van der Waals surface area (Å²) in [6.07, 6.45) is 1.74. The minimum absolute atomic E-state index is 0.604. The maximum Gasteiger partial charge on any atom is 0.120 e. The molecule has 1 aliphatic rings. The first-order chi connectivity index (χ1) is 4.10. The van der Waals surface area contributed by atoms with Crippen molar-refractivity contribution in [1.29, 1.82) is 0 Å². The van der Waals surface area contributed by atoms with Crippen molar-refractivity contribution in [2.45, 2.75) is 25.4 Å². The van der Waals surface area contributed by atoms with E-state index in [2.05, 4.69) is 0 Å². The number of rotatable bonds is 0. The average molecular weight is 131 g/mol. The van der Waals surface area contributed by atoms with Gasteiger partial charge in [0.15, 0.2) is 0 Å². The molecule has 9 heavy (non-hydrogen) atoms. The third-order valence-electron chi connectivity index (χ3n) is 1.84. The fourth-order valence-corrected chi connectivity index (χ4v) is 1.44. The van der Waals surface area contributed by atoms with Crippen LogP contribution >= 0.6 is 0 Å². The fraction of sp³-hybridized carbons (Fsp3) is 1.00. The maximum atomic E-state index is 13.1. The second kappa shape index (κ2) is 2.25. The van der Waals surface area contributed by atoms with E-state index in [1.54, 1.807) is 6.92 Å². The Kier molecular flexibility index (Phi) is 1.75. The second-order valence-corrected chi connectivity index (χ2v) is 3.25. The van der Waals surface area contributed by atoms with Gasteiger partial charge in [-0.15, -0.1) is 0 Å². The van der Waals surface area contributed by atoms with Gasteiger partial charge in [0.2, 0.25) is 0 Å². The van der Waals surface area contributed by atoms with E-state index in [1.165, 1.54) is 0 Å². The minimum atomic E-state index is -0.924. The van der Waals surface area contributed by atoms with Crippen molar-refractivity contribution in [3.05, 3.63) is 0 Å². The minimum Gasteiger partial charge on any atom is -0.303 e. The summed E-state index contributed by atoms with van der Waals surface area (Å²) in [5, 5.41) is 0. The molecule has 0 saturated carbocycles. The molecular formula is C7H14FN. The SMILES string of the molecule is CN1CCCC(C)(F)C1. The van der Waals surface area contributed by atoms with Crippen molar-refractivity contribution < 1.29 is 4.39 Å². The van der Waals surface area contributed by atoms with Crippen molar-refractivity contribution in [2.75, 3.05) is 20.1 Å². The zero-order valence-corrected chi connectivity index (χ0v) is 6.15. The van der Waals surface area contributed by atoms with Crippen LogP contribution in [0.25, 0.3) is 0 Å². The topological polar surface area (TPSA) is 3.24 Å². The molecule has 1 unspecified atom stereocenters. The normalized spacial score (nSPS) is 39.0. The van der Waals surface area contributed by atoms with Gasteiger partial charge in [-0.25, -0.2) is 4.39 Å². The van der Waals surface area contributed by atoms with E-state index in [9.17, 15) is 4.39 Å².